The molecule has 0 aromatic heterocycles. The summed E-state index contributed by atoms with van der Waals surface area (Å²) in [7, 11) is 0. The van der Waals surface area contributed by atoms with Gasteiger partial charge in [0.05, 0.1) is 17.4 Å². The van der Waals surface area contributed by atoms with Gasteiger partial charge in [0.25, 0.3) is 0 Å². The first-order chi connectivity index (χ1) is 5.11. The van der Waals surface area contributed by atoms with Crippen LogP contribution in [0, 0.1) is 10.1 Å². The first-order valence-electron chi connectivity index (χ1n) is 3.26. The summed E-state index contributed by atoms with van der Waals surface area (Å²) in [5, 5.41) is 12.7. The molecule has 0 amide bonds. The largest absolute Gasteiger partial charge is 0.294 e. The Hall–Kier alpha value is -0.0600. The molecule has 0 aromatic rings. The van der Waals surface area contributed by atoms with Gasteiger partial charge in [-0.15, -0.1) is 23.2 Å². The van der Waals surface area contributed by atoms with E-state index in [9.17, 15) is 10.1 Å². The van der Waals surface area contributed by atoms with Crippen molar-refractivity contribution in [2.45, 2.75) is 23.3 Å². The van der Waals surface area contributed by atoms with Crippen molar-refractivity contribution in [2.75, 3.05) is 6.54 Å². The fraction of sp³-hybridized carbons (Fsp3) is 1.00. The molecule has 0 radical (unpaired) electrons. The molecule has 3 atom stereocenters. The minimum absolute atomic E-state index is 0.310. The highest BCUT2D eigenvalue weighted by Gasteiger charge is 2.33. The molecule has 4 nitrogen and oxygen atoms in total. The van der Waals surface area contributed by atoms with Crippen molar-refractivity contribution < 1.29 is 4.92 Å². The maximum Gasteiger partial charge on any atom is 0.226 e. The quantitative estimate of drug-likeness (QED) is 0.294. The van der Waals surface area contributed by atoms with Crippen molar-refractivity contribution in [3.8, 4) is 0 Å². The minimum atomic E-state index is -0.590. The van der Waals surface area contributed by atoms with Crippen molar-refractivity contribution in [2.24, 2.45) is 0 Å². The Kier molecular flexibility index (Phi) is 2.92. The fourth-order valence-corrected chi connectivity index (χ4v) is 1.49. The average Bonchev–Trinajstić information content (AvgIpc) is 1.94. The van der Waals surface area contributed by atoms with Gasteiger partial charge >= 0.3 is 0 Å². The Morgan fingerprint density at radius 3 is 2.64 bits per heavy atom. The van der Waals surface area contributed by atoms with Gasteiger partial charge in [0, 0.05) is 11.3 Å². The van der Waals surface area contributed by atoms with E-state index in [1.807, 2.05) is 0 Å². The summed E-state index contributed by atoms with van der Waals surface area (Å²) in [6, 6.07) is -0.590. The second-order valence-electron chi connectivity index (χ2n) is 2.50. The van der Waals surface area contributed by atoms with Crippen LogP contribution in [0.1, 0.15) is 6.42 Å². The van der Waals surface area contributed by atoms with Crippen molar-refractivity contribution >= 4 is 23.2 Å². The van der Waals surface area contributed by atoms with Gasteiger partial charge in [0.15, 0.2) is 0 Å². The van der Waals surface area contributed by atoms with E-state index >= 15 is 0 Å². The van der Waals surface area contributed by atoms with E-state index in [2.05, 4.69) is 5.32 Å². The molecule has 3 unspecified atom stereocenters. The molecular weight excluding hydrogens is 191 g/mol. The summed E-state index contributed by atoms with van der Waals surface area (Å²) in [6.45, 7) is 0.310. The van der Waals surface area contributed by atoms with Crippen LogP contribution in [0.2, 0.25) is 0 Å². The van der Waals surface area contributed by atoms with E-state index in [-0.39, 0.29) is 15.8 Å². The predicted octanol–water partition coefficient (Wildman–Crippen LogP) is 0.797. The van der Waals surface area contributed by atoms with Gasteiger partial charge in [0.1, 0.15) is 0 Å². The lowest BCUT2D eigenvalue weighted by Gasteiger charge is -2.25. The third-order valence-electron chi connectivity index (χ3n) is 1.66. The van der Waals surface area contributed by atoms with Crippen LogP contribution in [0.5, 0.6) is 0 Å². The van der Waals surface area contributed by atoms with E-state index < -0.39 is 6.04 Å². The third-order valence-corrected chi connectivity index (χ3v) is 2.68. The van der Waals surface area contributed by atoms with Crippen LogP contribution in [0.3, 0.4) is 0 Å². The van der Waals surface area contributed by atoms with Crippen LogP contribution < -0.4 is 5.32 Å². The van der Waals surface area contributed by atoms with E-state index in [0.29, 0.717) is 13.0 Å². The highest BCUT2D eigenvalue weighted by molar-refractivity contribution is 6.29. The number of piperidine rings is 1. The molecule has 1 rings (SSSR count). The molecule has 1 fully saturated rings. The Morgan fingerprint density at radius 1 is 1.55 bits per heavy atom. The minimum Gasteiger partial charge on any atom is -0.294 e. The topological polar surface area (TPSA) is 55.2 Å². The Labute approximate surface area is 74.0 Å². The van der Waals surface area contributed by atoms with Crippen LogP contribution in [0.25, 0.3) is 0 Å². The molecule has 0 aromatic carbocycles. The van der Waals surface area contributed by atoms with Crippen LogP contribution in [0.4, 0.5) is 0 Å². The van der Waals surface area contributed by atoms with E-state index in [1.54, 1.807) is 0 Å². The van der Waals surface area contributed by atoms with Gasteiger partial charge in [0.2, 0.25) is 6.04 Å². The molecule has 1 heterocycles. The Balaban J connectivity index is 2.46. The first-order valence-corrected chi connectivity index (χ1v) is 4.13. The van der Waals surface area contributed by atoms with E-state index in [0.717, 1.165) is 0 Å². The van der Waals surface area contributed by atoms with Gasteiger partial charge in [-0.1, -0.05) is 0 Å². The van der Waals surface area contributed by atoms with E-state index in [1.165, 1.54) is 0 Å². The lowest BCUT2D eigenvalue weighted by atomic mass is 10.1. The number of hydrogen-bond donors (Lipinski definition) is 1. The first kappa shape index (κ1) is 9.03. The van der Waals surface area contributed by atoms with Crippen molar-refractivity contribution in [1.29, 1.82) is 0 Å². The molecule has 0 spiro atoms. The molecule has 1 aliphatic heterocycles. The number of rotatable bonds is 1. The van der Waals surface area contributed by atoms with E-state index in [4.69, 9.17) is 23.2 Å². The molecule has 0 aliphatic carbocycles. The predicted molar refractivity (Wildman–Crippen MR) is 42.7 cm³/mol. The second-order valence-corrected chi connectivity index (χ2v) is 3.53. The smallest absolute Gasteiger partial charge is 0.226 e. The molecule has 1 aliphatic rings. The van der Waals surface area contributed by atoms with Gasteiger partial charge in [-0.05, 0) is 0 Å². The fourth-order valence-electron chi connectivity index (χ4n) is 1.000. The number of halogens is 2. The second kappa shape index (κ2) is 3.56. The summed E-state index contributed by atoms with van der Waals surface area (Å²) >= 11 is 11.4. The molecule has 0 saturated carbocycles. The average molecular weight is 199 g/mol. The summed E-state index contributed by atoms with van der Waals surface area (Å²) in [6.07, 6.45) is 0.343. The van der Waals surface area contributed by atoms with Crippen LogP contribution >= 0.6 is 23.2 Å². The molecule has 1 saturated heterocycles. The van der Waals surface area contributed by atoms with Crippen LogP contribution in [-0.2, 0) is 0 Å². The van der Waals surface area contributed by atoms with Gasteiger partial charge < -0.3 is 0 Å². The number of nitro groups is 1. The van der Waals surface area contributed by atoms with Crippen molar-refractivity contribution in [1.82, 2.24) is 5.32 Å². The maximum atomic E-state index is 10.3. The molecule has 64 valence electrons. The summed E-state index contributed by atoms with van der Waals surface area (Å²) in [5.74, 6) is 0. The molecular formula is C5H8Cl2N2O2. The van der Waals surface area contributed by atoms with Gasteiger partial charge in [-0.25, -0.2) is 0 Å². The highest BCUT2D eigenvalue weighted by atomic mass is 35.5. The summed E-state index contributed by atoms with van der Waals surface area (Å²) in [4.78, 5) is 9.94. The number of alkyl halides is 2. The van der Waals surface area contributed by atoms with Crippen molar-refractivity contribution in [3.63, 3.8) is 0 Å². The zero-order valence-corrected chi connectivity index (χ0v) is 7.18. The zero-order chi connectivity index (χ0) is 8.43. The molecule has 11 heavy (non-hydrogen) atoms. The standard InChI is InChI=1S/C5H8Cl2N2O2/c6-4-1-3(9(10)11)2-8-5(4)7/h3-5,8H,1-2H2. The lowest BCUT2D eigenvalue weighted by molar-refractivity contribution is -0.522. The van der Waals surface area contributed by atoms with Gasteiger partial charge in [-0.2, -0.15) is 0 Å². The molecule has 6 heteroatoms. The highest BCUT2D eigenvalue weighted by Crippen LogP contribution is 2.19. The zero-order valence-electron chi connectivity index (χ0n) is 5.67. The van der Waals surface area contributed by atoms with Crippen LogP contribution in [-0.4, -0.2) is 28.4 Å². The summed E-state index contributed by atoms with van der Waals surface area (Å²) in [5.41, 5.74) is -0.340. The monoisotopic (exact) mass is 198 g/mol. The molecule has 1 N–H and O–H groups in total. The number of hydrogen-bond acceptors (Lipinski definition) is 3. The maximum absolute atomic E-state index is 10.3. The number of nitrogens with zero attached hydrogens (tertiary/aromatic N) is 1. The Bertz CT molecular complexity index is 167. The van der Waals surface area contributed by atoms with Crippen LogP contribution in [0.15, 0.2) is 0 Å². The normalized spacial score (nSPS) is 38.5. The lowest BCUT2D eigenvalue weighted by Crippen LogP contribution is -2.48. The SMILES string of the molecule is O=[N+]([O-])C1CNC(Cl)C(Cl)C1. The number of nitrogens with one attached hydrogen (secondary N) is 1. The van der Waals surface area contributed by atoms with Crippen molar-refractivity contribution in [3.05, 3.63) is 10.1 Å². The third kappa shape index (κ3) is 2.18. The summed E-state index contributed by atoms with van der Waals surface area (Å²) < 4.78 is 0. The van der Waals surface area contributed by atoms with Gasteiger partial charge in [-0.3, -0.25) is 15.4 Å². The molecule has 0 bridgehead atoms. The Morgan fingerprint density at radius 2 is 2.18 bits per heavy atom.